The minimum atomic E-state index is 0.188. The Balaban J connectivity index is 1.57. The number of aliphatic hydroxyl groups excluding tert-OH is 1. The molecule has 1 saturated heterocycles. The Bertz CT molecular complexity index is 446. The zero-order valence-corrected chi connectivity index (χ0v) is 13.3. The number of aliphatic hydroxyl groups is 1. The van der Waals surface area contributed by atoms with Crippen molar-refractivity contribution in [2.24, 2.45) is 5.92 Å². The molecule has 122 valence electrons. The monoisotopic (exact) mass is 305 g/mol. The third kappa shape index (κ3) is 4.24. The van der Waals surface area contributed by atoms with Crippen molar-refractivity contribution in [2.45, 2.75) is 44.6 Å². The van der Waals surface area contributed by atoms with E-state index >= 15 is 0 Å². The summed E-state index contributed by atoms with van der Waals surface area (Å²) in [6.07, 6.45) is 10.4. The molecule has 5 heteroatoms. The van der Waals surface area contributed by atoms with Crippen LogP contribution in [0.4, 0.5) is 0 Å². The molecule has 2 heterocycles. The summed E-state index contributed by atoms with van der Waals surface area (Å²) in [6, 6.07) is 0. The molecule has 2 fully saturated rings. The van der Waals surface area contributed by atoms with Gasteiger partial charge in [-0.25, -0.2) is 9.97 Å². The van der Waals surface area contributed by atoms with Crippen LogP contribution in [0.3, 0.4) is 0 Å². The normalized spacial score (nSPS) is 25.0. The summed E-state index contributed by atoms with van der Waals surface area (Å²) in [7, 11) is 0. The second kappa shape index (κ2) is 7.99. The van der Waals surface area contributed by atoms with Crippen LogP contribution in [0.25, 0.3) is 0 Å². The summed E-state index contributed by atoms with van der Waals surface area (Å²) in [5.41, 5.74) is 1.15. The van der Waals surface area contributed by atoms with Gasteiger partial charge in [0.25, 0.3) is 0 Å². The highest BCUT2D eigenvalue weighted by molar-refractivity contribution is 5.08. The standard InChI is InChI=1S/C17H27N3O2/c21-12-15-11-20(6-7-22-13-15)10-14-8-18-17(19-9-14)16-4-2-1-3-5-16/h8-9,15-16,21H,1-7,10-13H2/t15-/m0/s1. The quantitative estimate of drug-likeness (QED) is 0.921. The first-order valence-electron chi connectivity index (χ1n) is 8.57. The lowest BCUT2D eigenvalue weighted by Gasteiger charge is -2.23. The lowest BCUT2D eigenvalue weighted by molar-refractivity contribution is 0.0958. The molecule has 1 saturated carbocycles. The van der Waals surface area contributed by atoms with Crippen LogP contribution in [0, 0.1) is 5.92 Å². The summed E-state index contributed by atoms with van der Waals surface area (Å²) in [6.45, 7) is 4.20. The topological polar surface area (TPSA) is 58.5 Å². The van der Waals surface area contributed by atoms with E-state index in [9.17, 15) is 5.11 Å². The molecule has 0 radical (unpaired) electrons. The van der Waals surface area contributed by atoms with Crippen molar-refractivity contribution in [3.05, 3.63) is 23.8 Å². The summed E-state index contributed by atoms with van der Waals surface area (Å²) >= 11 is 0. The van der Waals surface area contributed by atoms with Crippen LogP contribution in [0.15, 0.2) is 12.4 Å². The maximum Gasteiger partial charge on any atom is 0.131 e. The molecular weight excluding hydrogens is 278 g/mol. The predicted octanol–water partition coefficient (Wildman–Crippen LogP) is 1.96. The van der Waals surface area contributed by atoms with Crippen molar-refractivity contribution < 1.29 is 9.84 Å². The fraction of sp³-hybridized carbons (Fsp3) is 0.765. The van der Waals surface area contributed by atoms with Crippen molar-refractivity contribution in [3.8, 4) is 0 Å². The average Bonchev–Trinajstić information content (AvgIpc) is 2.81. The number of nitrogens with zero attached hydrogens (tertiary/aromatic N) is 3. The molecule has 1 atom stereocenters. The SMILES string of the molecule is OC[C@H]1COCCN(Cc2cnc(C3CCCCC3)nc2)C1. The Labute approximate surface area is 132 Å². The molecule has 0 spiro atoms. The van der Waals surface area contributed by atoms with E-state index in [-0.39, 0.29) is 12.5 Å². The Morgan fingerprint density at radius 1 is 1.18 bits per heavy atom. The zero-order chi connectivity index (χ0) is 15.2. The Morgan fingerprint density at radius 2 is 1.95 bits per heavy atom. The third-order valence-electron chi connectivity index (χ3n) is 4.78. The highest BCUT2D eigenvalue weighted by Gasteiger charge is 2.20. The Hall–Kier alpha value is -1.04. The van der Waals surface area contributed by atoms with Gasteiger partial charge in [0.2, 0.25) is 0 Å². The van der Waals surface area contributed by atoms with Gasteiger partial charge in [0.05, 0.1) is 13.2 Å². The first kappa shape index (κ1) is 15.8. The Kier molecular flexibility index (Phi) is 5.76. The molecule has 1 aromatic heterocycles. The summed E-state index contributed by atoms with van der Waals surface area (Å²) in [5, 5.41) is 9.35. The predicted molar refractivity (Wildman–Crippen MR) is 84.5 cm³/mol. The maximum absolute atomic E-state index is 9.35. The highest BCUT2D eigenvalue weighted by Crippen LogP contribution is 2.30. The number of rotatable bonds is 4. The lowest BCUT2D eigenvalue weighted by atomic mass is 9.89. The van der Waals surface area contributed by atoms with Gasteiger partial charge >= 0.3 is 0 Å². The second-order valence-electron chi connectivity index (χ2n) is 6.64. The fourth-order valence-corrected chi connectivity index (χ4v) is 3.48. The third-order valence-corrected chi connectivity index (χ3v) is 4.78. The van der Waals surface area contributed by atoms with E-state index in [4.69, 9.17) is 4.74 Å². The van der Waals surface area contributed by atoms with Gasteiger partial charge in [0.1, 0.15) is 5.82 Å². The number of hydrogen-bond acceptors (Lipinski definition) is 5. The maximum atomic E-state index is 9.35. The van der Waals surface area contributed by atoms with Crippen LogP contribution < -0.4 is 0 Å². The van der Waals surface area contributed by atoms with E-state index in [0.717, 1.165) is 37.6 Å². The molecule has 1 aliphatic carbocycles. The van der Waals surface area contributed by atoms with Crippen LogP contribution in [0.1, 0.15) is 49.4 Å². The van der Waals surface area contributed by atoms with Crippen molar-refractivity contribution in [1.29, 1.82) is 0 Å². The first-order chi connectivity index (χ1) is 10.8. The molecule has 22 heavy (non-hydrogen) atoms. The zero-order valence-electron chi connectivity index (χ0n) is 13.3. The Morgan fingerprint density at radius 3 is 2.68 bits per heavy atom. The largest absolute Gasteiger partial charge is 0.396 e. The van der Waals surface area contributed by atoms with E-state index < -0.39 is 0 Å². The average molecular weight is 305 g/mol. The van der Waals surface area contributed by atoms with Gasteiger partial charge in [-0.3, -0.25) is 4.90 Å². The van der Waals surface area contributed by atoms with E-state index in [1.807, 2.05) is 12.4 Å². The van der Waals surface area contributed by atoms with E-state index in [2.05, 4.69) is 14.9 Å². The van der Waals surface area contributed by atoms with Crippen LogP contribution >= 0.6 is 0 Å². The minimum absolute atomic E-state index is 0.188. The molecule has 5 nitrogen and oxygen atoms in total. The molecule has 2 aliphatic rings. The highest BCUT2D eigenvalue weighted by atomic mass is 16.5. The van der Waals surface area contributed by atoms with Crippen molar-refractivity contribution in [2.75, 3.05) is 32.9 Å². The molecular formula is C17H27N3O2. The van der Waals surface area contributed by atoms with Gasteiger partial charge in [0, 0.05) is 56.0 Å². The van der Waals surface area contributed by atoms with Crippen LogP contribution in [-0.2, 0) is 11.3 Å². The number of hydrogen-bond donors (Lipinski definition) is 1. The molecule has 1 N–H and O–H groups in total. The molecule has 0 bridgehead atoms. The van der Waals surface area contributed by atoms with Crippen molar-refractivity contribution >= 4 is 0 Å². The van der Waals surface area contributed by atoms with Crippen LogP contribution in [0.2, 0.25) is 0 Å². The first-order valence-corrected chi connectivity index (χ1v) is 8.57. The van der Waals surface area contributed by atoms with Gasteiger partial charge in [-0.2, -0.15) is 0 Å². The van der Waals surface area contributed by atoms with E-state index in [0.29, 0.717) is 12.5 Å². The summed E-state index contributed by atoms with van der Waals surface area (Å²) in [4.78, 5) is 11.6. The van der Waals surface area contributed by atoms with Gasteiger partial charge < -0.3 is 9.84 Å². The van der Waals surface area contributed by atoms with Gasteiger partial charge in [0.15, 0.2) is 0 Å². The van der Waals surface area contributed by atoms with Crippen molar-refractivity contribution in [1.82, 2.24) is 14.9 Å². The molecule has 3 rings (SSSR count). The van der Waals surface area contributed by atoms with Gasteiger partial charge in [-0.15, -0.1) is 0 Å². The van der Waals surface area contributed by atoms with Gasteiger partial charge in [-0.1, -0.05) is 19.3 Å². The van der Waals surface area contributed by atoms with E-state index in [1.165, 1.54) is 32.1 Å². The van der Waals surface area contributed by atoms with Crippen LogP contribution in [0.5, 0.6) is 0 Å². The molecule has 0 amide bonds. The smallest absolute Gasteiger partial charge is 0.131 e. The molecule has 1 aliphatic heterocycles. The minimum Gasteiger partial charge on any atom is -0.396 e. The molecule has 0 unspecified atom stereocenters. The lowest BCUT2D eigenvalue weighted by Crippen LogP contribution is -2.31. The van der Waals surface area contributed by atoms with Crippen LogP contribution in [-0.4, -0.2) is 52.9 Å². The van der Waals surface area contributed by atoms with Crippen molar-refractivity contribution in [3.63, 3.8) is 0 Å². The second-order valence-corrected chi connectivity index (χ2v) is 6.64. The van der Waals surface area contributed by atoms with Gasteiger partial charge in [-0.05, 0) is 12.8 Å². The molecule has 0 aromatic carbocycles. The summed E-state index contributed by atoms with van der Waals surface area (Å²) in [5.74, 6) is 1.80. The number of aromatic nitrogens is 2. The summed E-state index contributed by atoms with van der Waals surface area (Å²) < 4.78 is 5.53. The number of ether oxygens (including phenoxy) is 1. The van der Waals surface area contributed by atoms with E-state index in [1.54, 1.807) is 0 Å². The molecule has 1 aromatic rings. The fourth-order valence-electron chi connectivity index (χ4n) is 3.48.